The van der Waals surface area contributed by atoms with E-state index in [4.69, 9.17) is 4.74 Å². The van der Waals surface area contributed by atoms with Crippen LogP contribution in [0.15, 0.2) is 18.3 Å². The minimum Gasteiger partial charge on any atom is -0.496 e. The standard InChI is InChI=1S/C11H13NO3/c1-8-9(2)11(15-3)5-4-10(8)6-7-12(13)14/h4-7H,1-3H3/b7-6-. The lowest BCUT2D eigenvalue weighted by atomic mass is 10.0. The Labute approximate surface area is 88.3 Å². The van der Waals surface area contributed by atoms with Crippen molar-refractivity contribution in [2.24, 2.45) is 0 Å². The second-order valence-electron chi connectivity index (χ2n) is 3.21. The molecule has 0 atom stereocenters. The van der Waals surface area contributed by atoms with Gasteiger partial charge in [0.1, 0.15) is 5.75 Å². The molecule has 1 rings (SSSR count). The summed E-state index contributed by atoms with van der Waals surface area (Å²) in [6.07, 6.45) is 2.43. The minimum absolute atomic E-state index is 0.473. The van der Waals surface area contributed by atoms with Crippen LogP contribution in [0.2, 0.25) is 0 Å². The predicted molar refractivity (Wildman–Crippen MR) is 58.5 cm³/mol. The zero-order valence-corrected chi connectivity index (χ0v) is 8.98. The van der Waals surface area contributed by atoms with Gasteiger partial charge in [-0.15, -0.1) is 0 Å². The summed E-state index contributed by atoms with van der Waals surface area (Å²) >= 11 is 0. The highest BCUT2D eigenvalue weighted by molar-refractivity contribution is 5.57. The summed E-state index contributed by atoms with van der Waals surface area (Å²) in [5.74, 6) is 0.797. The zero-order chi connectivity index (χ0) is 11.4. The molecule has 0 saturated carbocycles. The minimum atomic E-state index is -0.473. The fraction of sp³-hybridized carbons (Fsp3) is 0.273. The quantitative estimate of drug-likeness (QED) is 0.565. The normalized spacial score (nSPS) is 10.6. The molecule has 0 bridgehead atoms. The topological polar surface area (TPSA) is 52.4 Å². The van der Waals surface area contributed by atoms with Gasteiger partial charge in [0.2, 0.25) is 6.20 Å². The zero-order valence-electron chi connectivity index (χ0n) is 8.98. The van der Waals surface area contributed by atoms with Gasteiger partial charge < -0.3 is 4.74 Å². The molecular weight excluding hydrogens is 194 g/mol. The van der Waals surface area contributed by atoms with Crippen LogP contribution in [0.3, 0.4) is 0 Å². The van der Waals surface area contributed by atoms with Gasteiger partial charge >= 0.3 is 0 Å². The van der Waals surface area contributed by atoms with Gasteiger partial charge in [0.15, 0.2) is 0 Å². The van der Waals surface area contributed by atoms with Crippen molar-refractivity contribution in [1.82, 2.24) is 0 Å². The highest BCUT2D eigenvalue weighted by Crippen LogP contribution is 2.24. The first-order valence-electron chi connectivity index (χ1n) is 4.52. The summed E-state index contributed by atoms with van der Waals surface area (Å²) in [6.45, 7) is 3.84. The average molecular weight is 207 g/mol. The van der Waals surface area contributed by atoms with E-state index in [0.29, 0.717) is 0 Å². The highest BCUT2D eigenvalue weighted by atomic mass is 16.6. The van der Waals surface area contributed by atoms with Gasteiger partial charge in [-0.1, -0.05) is 6.07 Å². The van der Waals surface area contributed by atoms with Crippen LogP contribution in [0.1, 0.15) is 16.7 Å². The number of hydrogen-bond acceptors (Lipinski definition) is 3. The Morgan fingerprint density at radius 3 is 2.53 bits per heavy atom. The van der Waals surface area contributed by atoms with Crippen molar-refractivity contribution in [3.8, 4) is 5.75 Å². The summed E-state index contributed by atoms with van der Waals surface area (Å²) in [4.78, 5) is 9.71. The van der Waals surface area contributed by atoms with Crippen LogP contribution in [0.25, 0.3) is 6.08 Å². The van der Waals surface area contributed by atoms with Crippen LogP contribution in [0.5, 0.6) is 5.75 Å². The van der Waals surface area contributed by atoms with Crippen LogP contribution in [0, 0.1) is 24.0 Å². The van der Waals surface area contributed by atoms with Gasteiger partial charge in [0.25, 0.3) is 0 Å². The fourth-order valence-electron chi connectivity index (χ4n) is 1.36. The number of hydrogen-bond donors (Lipinski definition) is 0. The maximum absolute atomic E-state index is 10.2. The maximum atomic E-state index is 10.2. The van der Waals surface area contributed by atoms with Crippen LogP contribution in [-0.2, 0) is 0 Å². The van der Waals surface area contributed by atoms with E-state index < -0.39 is 4.92 Å². The third kappa shape index (κ3) is 2.56. The summed E-state index contributed by atoms with van der Waals surface area (Å²) in [5, 5.41) is 10.2. The smallest absolute Gasteiger partial charge is 0.235 e. The number of ether oxygens (including phenoxy) is 1. The molecule has 0 radical (unpaired) electrons. The van der Waals surface area contributed by atoms with Crippen LogP contribution < -0.4 is 4.74 Å². The largest absolute Gasteiger partial charge is 0.496 e. The number of rotatable bonds is 3. The second kappa shape index (κ2) is 4.59. The molecule has 4 heteroatoms. The lowest BCUT2D eigenvalue weighted by molar-refractivity contribution is -0.400. The highest BCUT2D eigenvalue weighted by Gasteiger charge is 2.04. The number of nitrogens with zero attached hydrogens (tertiary/aromatic N) is 1. The van der Waals surface area contributed by atoms with E-state index in [1.165, 1.54) is 6.08 Å². The Morgan fingerprint density at radius 2 is 2.00 bits per heavy atom. The van der Waals surface area contributed by atoms with E-state index >= 15 is 0 Å². The van der Waals surface area contributed by atoms with E-state index in [2.05, 4.69) is 0 Å². The third-order valence-electron chi connectivity index (χ3n) is 2.38. The number of benzene rings is 1. The molecule has 0 N–H and O–H groups in total. The molecule has 0 amide bonds. The molecule has 0 fully saturated rings. The van der Waals surface area contributed by atoms with Crippen molar-refractivity contribution in [1.29, 1.82) is 0 Å². The second-order valence-corrected chi connectivity index (χ2v) is 3.21. The van der Waals surface area contributed by atoms with Crippen molar-refractivity contribution in [2.45, 2.75) is 13.8 Å². The number of nitro groups is 1. The molecule has 0 aliphatic carbocycles. The van der Waals surface area contributed by atoms with Crippen LogP contribution in [-0.4, -0.2) is 12.0 Å². The van der Waals surface area contributed by atoms with E-state index in [9.17, 15) is 10.1 Å². The predicted octanol–water partition coefficient (Wildman–Crippen LogP) is 2.56. The first-order chi connectivity index (χ1) is 7.06. The monoisotopic (exact) mass is 207 g/mol. The summed E-state index contributed by atoms with van der Waals surface area (Å²) in [5.41, 5.74) is 2.83. The summed E-state index contributed by atoms with van der Waals surface area (Å²) < 4.78 is 5.15. The van der Waals surface area contributed by atoms with Gasteiger partial charge in [-0.3, -0.25) is 10.1 Å². The molecule has 0 heterocycles. The molecular formula is C11H13NO3. The Kier molecular flexibility index (Phi) is 3.44. The summed E-state index contributed by atoms with van der Waals surface area (Å²) in [7, 11) is 1.61. The first kappa shape index (κ1) is 11.2. The van der Waals surface area contributed by atoms with E-state index in [0.717, 1.165) is 28.6 Å². The third-order valence-corrected chi connectivity index (χ3v) is 2.38. The van der Waals surface area contributed by atoms with Crippen molar-refractivity contribution >= 4 is 6.08 Å². The molecule has 1 aromatic rings. The van der Waals surface area contributed by atoms with Crippen molar-refractivity contribution in [3.05, 3.63) is 45.1 Å². The van der Waals surface area contributed by atoms with Crippen LogP contribution >= 0.6 is 0 Å². The van der Waals surface area contributed by atoms with Gasteiger partial charge in [-0.25, -0.2) is 0 Å². The Balaban J connectivity index is 3.12. The molecule has 0 spiro atoms. The van der Waals surface area contributed by atoms with E-state index in [1.54, 1.807) is 13.2 Å². The average Bonchev–Trinajstić information content (AvgIpc) is 2.20. The van der Waals surface area contributed by atoms with Gasteiger partial charge in [-0.2, -0.15) is 0 Å². The fourth-order valence-corrected chi connectivity index (χ4v) is 1.36. The van der Waals surface area contributed by atoms with Crippen molar-refractivity contribution in [3.63, 3.8) is 0 Å². The van der Waals surface area contributed by atoms with Gasteiger partial charge in [0.05, 0.1) is 12.0 Å². The molecule has 15 heavy (non-hydrogen) atoms. The maximum Gasteiger partial charge on any atom is 0.235 e. The molecule has 0 unspecified atom stereocenters. The Hall–Kier alpha value is -1.84. The lowest BCUT2D eigenvalue weighted by Gasteiger charge is -2.09. The van der Waals surface area contributed by atoms with Gasteiger partial charge in [0, 0.05) is 6.08 Å². The van der Waals surface area contributed by atoms with Crippen LogP contribution in [0.4, 0.5) is 0 Å². The SMILES string of the molecule is COc1ccc(/C=C\[N+](=O)[O-])c(C)c1C. The molecule has 0 aliphatic rings. The first-order valence-corrected chi connectivity index (χ1v) is 4.52. The van der Waals surface area contributed by atoms with E-state index in [1.807, 2.05) is 19.9 Å². The van der Waals surface area contributed by atoms with E-state index in [-0.39, 0.29) is 0 Å². The molecule has 0 aliphatic heterocycles. The Bertz CT molecular complexity index is 411. The van der Waals surface area contributed by atoms with Gasteiger partial charge in [-0.05, 0) is 36.6 Å². The van der Waals surface area contributed by atoms with Crippen molar-refractivity contribution in [2.75, 3.05) is 7.11 Å². The Morgan fingerprint density at radius 1 is 1.33 bits per heavy atom. The molecule has 0 aromatic heterocycles. The lowest BCUT2D eigenvalue weighted by Crippen LogP contribution is -1.93. The van der Waals surface area contributed by atoms with Crippen molar-refractivity contribution < 1.29 is 9.66 Å². The number of methoxy groups -OCH3 is 1. The summed E-state index contributed by atoms with van der Waals surface area (Å²) in [6, 6.07) is 3.61. The molecule has 1 aromatic carbocycles. The molecule has 80 valence electrons. The molecule has 4 nitrogen and oxygen atoms in total. The molecule has 0 saturated heterocycles.